The van der Waals surface area contributed by atoms with Crippen LogP contribution in [0.4, 0.5) is 5.69 Å². The van der Waals surface area contributed by atoms with Gasteiger partial charge in [-0.1, -0.05) is 23.9 Å². The standard InChI is InChI=1S/C20H18N4O6S/c1-23-19(17-9-28-15-4-2-3-5-16(15)30-17)21-22-20(23)31-10-13-7-14(24(25)26)6-12-8-27-11-29-18(12)13/h2-7,17H,8-11H2,1H3. The number of nitrogens with zero attached hydrogens (tertiary/aromatic N) is 4. The summed E-state index contributed by atoms with van der Waals surface area (Å²) in [4.78, 5) is 10.9. The molecular weight excluding hydrogens is 424 g/mol. The predicted octanol–water partition coefficient (Wildman–Crippen LogP) is 3.39. The second-order valence-electron chi connectivity index (χ2n) is 7.01. The lowest BCUT2D eigenvalue weighted by Gasteiger charge is -2.25. The first-order chi connectivity index (χ1) is 15.1. The molecule has 10 nitrogen and oxygen atoms in total. The van der Waals surface area contributed by atoms with Crippen LogP contribution in [0.3, 0.4) is 0 Å². The molecule has 2 aromatic carbocycles. The molecule has 0 aliphatic carbocycles. The maximum absolute atomic E-state index is 11.3. The summed E-state index contributed by atoms with van der Waals surface area (Å²) in [6.45, 7) is 0.736. The molecular formula is C20H18N4O6S. The molecule has 3 heterocycles. The van der Waals surface area contributed by atoms with Crippen LogP contribution in [0.15, 0.2) is 41.6 Å². The first-order valence-corrected chi connectivity index (χ1v) is 10.5. The van der Waals surface area contributed by atoms with E-state index in [0.717, 1.165) is 0 Å². The molecule has 0 bridgehead atoms. The number of para-hydroxylation sites is 2. The zero-order valence-electron chi connectivity index (χ0n) is 16.5. The highest BCUT2D eigenvalue weighted by Crippen LogP contribution is 2.38. The van der Waals surface area contributed by atoms with Gasteiger partial charge in [0.25, 0.3) is 5.69 Å². The quantitative estimate of drug-likeness (QED) is 0.333. The van der Waals surface area contributed by atoms with E-state index >= 15 is 0 Å². The summed E-state index contributed by atoms with van der Waals surface area (Å²) in [5.41, 5.74) is 1.39. The number of thioether (sulfide) groups is 1. The average molecular weight is 442 g/mol. The van der Waals surface area contributed by atoms with Crippen molar-refractivity contribution in [2.75, 3.05) is 13.4 Å². The second-order valence-corrected chi connectivity index (χ2v) is 7.96. The van der Waals surface area contributed by atoms with E-state index in [1.165, 1.54) is 23.9 Å². The van der Waals surface area contributed by atoms with E-state index < -0.39 is 4.92 Å². The van der Waals surface area contributed by atoms with Gasteiger partial charge in [0.1, 0.15) is 12.4 Å². The third-order valence-electron chi connectivity index (χ3n) is 5.00. The van der Waals surface area contributed by atoms with Gasteiger partial charge < -0.3 is 23.5 Å². The van der Waals surface area contributed by atoms with Gasteiger partial charge in [-0.3, -0.25) is 10.1 Å². The number of hydrogen-bond donors (Lipinski definition) is 0. The van der Waals surface area contributed by atoms with E-state index in [1.54, 1.807) is 0 Å². The first-order valence-electron chi connectivity index (χ1n) is 9.51. The molecule has 0 amide bonds. The number of fused-ring (bicyclic) bond motifs is 2. The molecule has 0 radical (unpaired) electrons. The molecule has 0 saturated carbocycles. The number of hydrogen-bond acceptors (Lipinski definition) is 9. The van der Waals surface area contributed by atoms with Crippen LogP contribution in [0.1, 0.15) is 23.1 Å². The normalized spacial score (nSPS) is 17.0. The van der Waals surface area contributed by atoms with E-state index in [9.17, 15) is 10.1 Å². The lowest BCUT2D eigenvalue weighted by atomic mass is 10.1. The van der Waals surface area contributed by atoms with Gasteiger partial charge in [0.15, 0.2) is 35.4 Å². The fraction of sp³-hybridized carbons (Fsp3) is 0.300. The highest BCUT2D eigenvalue weighted by atomic mass is 32.2. The highest BCUT2D eigenvalue weighted by Gasteiger charge is 2.28. The summed E-state index contributed by atoms with van der Waals surface area (Å²) in [5, 5.41) is 20.5. The third kappa shape index (κ3) is 3.77. The minimum Gasteiger partial charge on any atom is -0.485 e. The molecule has 160 valence electrons. The number of nitro groups is 1. The number of rotatable bonds is 5. The van der Waals surface area contributed by atoms with Crippen molar-refractivity contribution >= 4 is 17.4 Å². The van der Waals surface area contributed by atoms with E-state index in [4.69, 9.17) is 18.9 Å². The Labute approximate surface area is 181 Å². The van der Waals surface area contributed by atoms with Crippen molar-refractivity contribution in [3.05, 3.63) is 63.5 Å². The van der Waals surface area contributed by atoms with Gasteiger partial charge in [0, 0.05) is 36.1 Å². The van der Waals surface area contributed by atoms with E-state index in [0.29, 0.717) is 51.7 Å². The van der Waals surface area contributed by atoms with Crippen LogP contribution in [0.2, 0.25) is 0 Å². The molecule has 0 N–H and O–H groups in total. The Bertz CT molecular complexity index is 1150. The molecule has 2 aliphatic heterocycles. The zero-order valence-corrected chi connectivity index (χ0v) is 17.3. The zero-order chi connectivity index (χ0) is 21.4. The molecule has 31 heavy (non-hydrogen) atoms. The summed E-state index contributed by atoms with van der Waals surface area (Å²) >= 11 is 1.41. The molecule has 1 atom stereocenters. The molecule has 0 saturated heterocycles. The fourth-order valence-electron chi connectivity index (χ4n) is 3.51. The lowest BCUT2D eigenvalue weighted by Crippen LogP contribution is -2.24. The Morgan fingerprint density at radius 3 is 2.90 bits per heavy atom. The van der Waals surface area contributed by atoms with Gasteiger partial charge in [-0.05, 0) is 12.1 Å². The average Bonchev–Trinajstić information content (AvgIpc) is 3.17. The van der Waals surface area contributed by atoms with Crippen LogP contribution < -0.4 is 14.2 Å². The van der Waals surface area contributed by atoms with Crippen LogP contribution in [0.25, 0.3) is 0 Å². The summed E-state index contributed by atoms with van der Waals surface area (Å²) in [6.07, 6.45) is -0.382. The van der Waals surface area contributed by atoms with Gasteiger partial charge in [0.05, 0.1) is 11.5 Å². The molecule has 0 spiro atoms. The Balaban J connectivity index is 1.35. The third-order valence-corrected chi connectivity index (χ3v) is 6.07. The number of ether oxygens (including phenoxy) is 4. The molecule has 3 aromatic rings. The monoisotopic (exact) mass is 442 g/mol. The SMILES string of the molecule is Cn1c(SCc2cc([N+](=O)[O-])cc3c2OCOC3)nnc1C1COc2ccccc2O1. The van der Waals surface area contributed by atoms with Crippen LogP contribution >= 0.6 is 11.8 Å². The summed E-state index contributed by atoms with van der Waals surface area (Å²) < 4.78 is 24.5. The number of aromatic nitrogens is 3. The van der Waals surface area contributed by atoms with Crippen LogP contribution in [-0.2, 0) is 24.1 Å². The Hall–Kier alpha value is -3.31. The maximum atomic E-state index is 11.3. The van der Waals surface area contributed by atoms with E-state index in [2.05, 4.69) is 10.2 Å². The van der Waals surface area contributed by atoms with Crippen molar-refractivity contribution in [1.29, 1.82) is 0 Å². The van der Waals surface area contributed by atoms with Gasteiger partial charge in [0.2, 0.25) is 0 Å². The van der Waals surface area contributed by atoms with Crippen LogP contribution in [0.5, 0.6) is 17.2 Å². The van der Waals surface area contributed by atoms with Crippen LogP contribution in [-0.4, -0.2) is 33.1 Å². The number of benzene rings is 2. The molecule has 5 rings (SSSR count). The molecule has 11 heteroatoms. The van der Waals surface area contributed by atoms with Gasteiger partial charge in [-0.15, -0.1) is 10.2 Å². The Morgan fingerprint density at radius 2 is 2.06 bits per heavy atom. The van der Waals surface area contributed by atoms with Gasteiger partial charge >= 0.3 is 0 Å². The summed E-state index contributed by atoms with van der Waals surface area (Å²) in [6, 6.07) is 10.5. The Morgan fingerprint density at radius 1 is 1.23 bits per heavy atom. The van der Waals surface area contributed by atoms with Crippen molar-refractivity contribution in [1.82, 2.24) is 14.8 Å². The summed E-state index contributed by atoms with van der Waals surface area (Å²) in [7, 11) is 1.86. The van der Waals surface area contributed by atoms with Crippen molar-refractivity contribution in [3.8, 4) is 17.2 Å². The predicted molar refractivity (Wildman–Crippen MR) is 109 cm³/mol. The van der Waals surface area contributed by atoms with Crippen molar-refractivity contribution in [3.63, 3.8) is 0 Å². The second kappa shape index (κ2) is 8.08. The minimum atomic E-state index is -0.415. The lowest BCUT2D eigenvalue weighted by molar-refractivity contribution is -0.385. The number of non-ortho nitro benzene ring substituents is 1. The van der Waals surface area contributed by atoms with E-state index in [-0.39, 0.29) is 25.2 Å². The highest BCUT2D eigenvalue weighted by molar-refractivity contribution is 7.98. The van der Waals surface area contributed by atoms with Gasteiger partial charge in [-0.2, -0.15) is 0 Å². The topological polar surface area (TPSA) is 111 Å². The number of nitro benzene ring substituents is 1. The van der Waals surface area contributed by atoms with Gasteiger partial charge in [-0.25, -0.2) is 0 Å². The maximum Gasteiger partial charge on any atom is 0.270 e. The molecule has 1 aromatic heterocycles. The first kappa shape index (κ1) is 19.6. The minimum absolute atomic E-state index is 0.00789. The molecule has 0 fully saturated rings. The van der Waals surface area contributed by atoms with Crippen molar-refractivity contribution in [2.45, 2.75) is 23.6 Å². The fourth-order valence-corrected chi connectivity index (χ4v) is 4.40. The van der Waals surface area contributed by atoms with E-state index in [1.807, 2.05) is 35.9 Å². The smallest absolute Gasteiger partial charge is 0.270 e. The molecule has 1 unspecified atom stereocenters. The summed E-state index contributed by atoms with van der Waals surface area (Å²) in [5.74, 6) is 3.07. The largest absolute Gasteiger partial charge is 0.485 e. The Kier molecular flexibility index (Phi) is 5.12. The molecule has 2 aliphatic rings. The van der Waals surface area contributed by atoms with Crippen molar-refractivity contribution in [2.24, 2.45) is 7.05 Å². The van der Waals surface area contributed by atoms with Crippen molar-refractivity contribution < 1.29 is 23.9 Å². The van der Waals surface area contributed by atoms with Crippen LogP contribution in [0, 0.1) is 10.1 Å².